The molecule has 2 nitrogen and oxygen atoms in total. The highest BCUT2D eigenvalue weighted by Crippen LogP contribution is 2.38. The third kappa shape index (κ3) is 3.92. The van der Waals surface area contributed by atoms with Crippen molar-refractivity contribution in [2.24, 2.45) is 5.92 Å². The van der Waals surface area contributed by atoms with Crippen LogP contribution in [0, 0.1) is 5.92 Å². The van der Waals surface area contributed by atoms with E-state index < -0.39 is 12.0 Å². The molecule has 20 heavy (non-hydrogen) atoms. The van der Waals surface area contributed by atoms with Crippen LogP contribution in [0.2, 0.25) is 0 Å². The minimum atomic E-state index is -2.55. The first-order valence-electron chi connectivity index (χ1n) is 6.79. The Morgan fingerprint density at radius 3 is 2.65 bits per heavy atom. The summed E-state index contributed by atoms with van der Waals surface area (Å²) >= 11 is 3.39. The molecule has 0 bridgehead atoms. The molecule has 2 rings (SSSR count). The summed E-state index contributed by atoms with van der Waals surface area (Å²) in [6, 6.07) is 5.61. The maximum atomic E-state index is 13.1. The van der Waals surface area contributed by atoms with E-state index in [0.29, 0.717) is 25.0 Å². The number of rotatable bonds is 4. The third-order valence-corrected chi connectivity index (χ3v) is 4.47. The van der Waals surface area contributed by atoms with Crippen LogP contribution >= 0.6 is 15.9 Å². The maximum absolute atomic E-state index is 13.1. The molecule has 112 valence electrons. The normalized spacial score (nSPS) is 20.6. The Labute approximate surface area is 126 Å². The Balaban J connectivity index is 2.01. The van der Waals surface area contributed by atoms with Crippen LogP contribution < -0.4 is 4.74 Å². The lowest BCUT2D eigenvalue weighted by atomic mass is 9.81. The number of alkyl halides is 2. The van der Waals surface area contributed by atoms with Crippen molar-refractivity contribution < 1.29 is 18.6 Å². The molecule has 0 heterocycles. The lowest BCUT2D eigenvalue weighted by Gasteiger charge is -2.31. The van der Waals surface area contributed by atoms with Gasteiger partial charge in [0.15, 0.2) is 0 Å². The van der Waals surface area contributed by atoms with E-state index in [4.69, 9.17) is 4.74 Å². The fourth-order valence-electron chi connectivity index (χ4n) is 2.75. The molecule has 1 atom stereocenters. The van der Waals surface area contributed by atoms with Gasteiger partial charge in [0.1, 0.15) is 5.75 Å². The van der Waals surface area contributed by atoms with E-state index in [1.54, 1.807) is 7.11 Å². The van der Waals surface area contributed by atoms with E-state index in [1.165, 1.54) is 0 Å². The summed E-state index contributed by atoms with van der Waals surface area (Å²) in [5.74, 6) is -1.89. The van der Waals surface area contributed by atoms with Gasteiger partial charge >= 0.3 is 0 Å². The average Bonchev–Trinajstić information content (AvgIpc) is 2.38. The lowest BCUT2D eigenvalue weighted by molar-refractivity contribution is -0.0619. The van der Waals surface area contributed by atoms with E-state index in [9.17, 15) is 13.9 Å². The zero-order valence-corrected chi connectivity index (χ0v) is 13.0. The average molecular weight is 349 g/mol. The fraction of sp³-hybridized carbons (Fsp3) is 0.600. The molecular weight excluding hydrogens is 330 g/mol. The minimum Gasteiger partial charge on any atom is -0.496 e. The number of aliphatic hydroxyl groups excluding tert-OH is 1. The van der Waals surface area contributed by atoms with Crippen LogP contribution in [0.3, 0.4) is 0 Å². The molecule has 1 aliphatic rings. The van der Waals surface area contributed by atoms with E-state index in [0.717, 1.165) is 10.0 Å². The lowest BCUT2D eigenvalue weighted by Crippen LogP contribution is -2.32. The molecule has 0 saturated heterocycles. The summed E-state index contributed by atoms with van der Waals surface area (Å²) in [7, 11) is 1.58. The highest BCUT2D eigenvalue weighted by Gasteiger charge is 2.37. The van der Waals surface area contributed by atoms with Gasteiger partial charge in [-0.2, -0.15) is 0 Å². The minimum absolute atomic E-state index is 0.0571. The molecule has 1 aromatic rings. The summed E-state index contributed by atoms with van der Waals surface area (Å²) < 4.78 is 32.4. The first-order chi connectivity index (χ1) is 9.41. The van der Waals surface area contributed by atoms with Crippen LogP contribution in [-0.2, 0) is 6.42 Å². The smallest absolute Gasteiger partial charge is 0.248 e. The standard InChI is InChI=1S/C15H19BrF2O2/c1-20-14-3-2-12(16)8-11(14)9-13(19)10-4-6-15(17,18)7-5-10/h2-3,8,10,13,19H,4-7,9H2,1H3. The van der Waals surface area contributed by atoms with Crippen LogP contribution in [0.4, 0.5) is 8.78 Å². The molecule has 0 amide bonds. The van der Waals surface area contributed by atoms with Crippen molar-refractivity contribution in [3.05, 3.63) is 28.2 Å². The Bertz CT molecular complexity index is 455. The molecule has 1 unspecified atom stereocenters. The van der Waals surface area contributed by atoms with Crippen molar-refractivity contribution in [3.8, 4) is 5.75 Å². The number of hydrogen-bond donors (Lipinski definition) is 1. The fourth-order valence-corrected chi connectivity index (χ4v) is 3.15. The van der Waals surface area contributed by atoms with Crippen LogP contribution in [0.15, 0.2) is 22.7 Å². The SMILES string of the molecule is COc1ccc(Br)cc1CC(O)C1CCC(F)(F)CC1. The zero-order chi connectivity index (χ0) is 14.8. The van der Waals surface area contributed by atoms with Gasteiger partial charge in [0.05, 0.1) is 13.2 Å². The zero-order valence-electron chi connectivity index (χ0n) is 11.4. The second-order valence-electron chi connectivity index (χ2n) is 5.42. The van der Waals surface area contributed by atoms with Crippen molar-refractivity contribution in [2.75, 3.05) is 7.11 Å². The second kappa shape index (κ2) is 6.39. The van der Waals surface area contributed by atoms with Gasteiger partial charge in [-0.15, -0.1) is 0 Å². The van der Waals surface area contributed by atoms with Gasteiger partial charge < -0.3 is 9.84 Å². The monoisotopic (exact) mass is 348 g/mol. The van der Waals surface area contributed by atoms with Crippen molar-refractivity contribution in [1.29, 1.82) is 0 Å². The molecule has 1 N–H and O–H groups in total. The van der Waals surface area contributed by atoms with Gasteiger partial charge in [0.25, 0.3) is 0 Å². The number of hydrogen-bond acceptors (Lipinski definition) is 2. The maximum Gasteiger partial charge on any atom is 0.248 e. The van der Waals surface area contributed by atoms with Crippen molar-refractivity contribution in [3.63, 3.8) is 0 Å². The molecule has 0 aromatic heterocycles. The topological polar surface area (TPSA) is 29.5 Å². The Morgan fingerprint density at radius 2 is 2.05 bits per heavy atom. The van der Waals surface area contributed by atoms with E-state index in [-0.39, 0.29) is 18.8 Å². The summed E-state index contributed by atoms with van der Waals surface area (Å²) in [5, 5.41) is 10.3. The molecule has 0 radical (unpaired) electrons. The van der Waals surface area contributed by atoms with Gasteiger partial charge in [0, 0.05) is 23.7 Å². The summed E-state index contributed by atoms with van der Waals surface area (Å²) in [6.07, 6.45) is 0.344. The van der Waals surface area contributed by atoms with Gasteiger partial charge in [-0.3, -0.25) is 0 Å². The van der Waals surface area contributed by atoms with Crippen molar-refractivity contribution in [2.45, 2.75) is 44.1 Å². The van der Waals surface area contributed by atoms with Crippen LogP contribution in [0.1, 0.15) is 31.2 Å². The first kappa shape index (κ1) is 15.7. The largest absolute Gasteiger partial charge is 0.496 e. The highest BCUT2D eigenvalue weighted by molar-refractivity contribution is 9.10. The number of ether oxygens (including phenoxy) is 1. The van der Waals surface area contributed by atoms with E-state index in [1.807, 2.05) is 18.2 Å². The number of halogens is 3. The van der Waals surface area contributed by atoms with Crippen LogP contribution in [0.5, 0.6) is 5.75 Å². The number of benzene rings is 1. The van der Waals surface area contributed by atoms with Crippen LogP contribution in [0.25, 0.3) is 0 Å². The summed E-state index contributed by atoms with van der Waals surface area (Å²) in [5.41, 5.74) is 0.895. The van der Waals surface area contributed by atoms with Crippen molar-refractivity contribution in [1.82, 2.24) is 0 Å². The number of methoxy groups -OCH3 is 1. The Hall–Kier alpha value is -0.680. The highest BCUT2D eigenvalue weighted by atomic mass is 79.9. The molecular formula is C15H19BrF2O2. The van der Waals surface area contributed by atoms with E-state index >= 15 is 0 Å². The number of aliphatic hydroxyl groups is 1. The molecule has 0 aliphatic heterocycles. The second-order valence-corrected chi connectivity index (χ2v) is 6.34. The Morgan fingerprint density at radius 1 is 1.40 bits per heavy atom. The summed E-state index contributed by atoms with van der Waals surface area (Å²) in [4.78, 5) is 0. The molecule has 1 saturated carbocycles. The molecule has 5 heteroatoms. The first-order valence-corrected chi connectivity index (χ1v) is 7.59. The van der Waals surface area contributed by atoms with E-state index in [2.05, 4.69) is 15.9 Å². The summed E-state index contributed by atoms with van der Waals surface area (Å²) in [6.45, 7) is 0. The van der Waals surface area contributed by atoms with Gasteiger partial charge in [-0.25, -0.2) is 8.78 Å². The van der Waals surface area contributed by atoms with Crippen LogP contribution in [-0.4, -0.2) is 24.2 Å². The third-order valence-electron chi connectivity index (χ3n) is 3.98. The van der Waals surface area contributed by atoms with Crippen molar-refractivity contribution >= 4 is 15.9 Å². The molecule has 1 aromatic carbocycles. The van der Waals surface area contributed by atoms with Gasteiger partial charge in [0.2, 0.25) is 5.92 Å². The molecule has 0 spiro atoms. The predicted molar refractivity (Wildman–Crippen MR) is 77.3 cm³/mol. The molecule has 1 fully saturated rings. The van der Waals surface area contributed by atoms with Gasteiger partial charge in [-0.05, 0) is 42.5 Å². The Kier molecular flexibility index (Phi) is 5.02. The molecule has 1 aliphatic carbocycles. The predicted octanol–water partition coefficient (Wildman–Crippen LogP) is 4.19. The quantitative estimate of drug-likeness (QED) is 0.883. The van der Waals surface area contributed by atoms with Gasteiger partial charge in [-0.1, -0.05) is 15.9 Å².